The summed E-state index contributed by atoms with van der Waals surface area (Å²) >= 11 is 0. The Kier molecular flexibility index (Phi) is 9.08. The number of pyridine rings is 1. The molecule has 54 heavy (non-hydrogen) atoms. The lowest BCUT2D eigenvalue weighted by Crippen LogP contribution is -2.29. The van der Waals surface area contributed by atoms with Gasteiger partial charge in [0.1, 0.15) is 6.04 Å². The minimum Gasteiger partial charge on any atom is -0.292 e. The summed E-state index contributed by atoms with van der Waals surface area (Å²) in [6.45, 7) is 6.25. The van der Waals surface area contributed by atoms with E-state index in [1.165, 1.54) is 66.1 Å². The maximum absolute atomic E-state index is 5.00. The standard InChI is InChI=1S/C51H45N3/c1-4-5-14-33(2)49-45-23-11-10-21-41(45)40-20-8-9-22-42(40)47(49)32-48(52-3)36-16-12-15-35(31-36)37-26-27-43(39-19-7-6-18-38(37)39)44-28-30-54-51-46(44)25-24-34-17-13-29-53-50(34)51/h4-6,8-18,20-31,33,39,43,46,51H,1,7,19,32H2,2-3H3/b14-5-,52-48+. The van der Waals surface area contributed by atoms with E-state index >= 15 is 0 Å². The van der Waals surface area contributed by atoms with Crippen molar-refractivity contribution in [3.05, 3.63) is 197 Å². The van der Waals surface area contributed by atoms with E-state index in [1.54, 1.807) is 0 Å². The van der Waals surface area contributed by atoms with Crippen LogP contribution in [0.25, 0.3) is 33.2 Å². The van der Waals surface area contributed by atoms with Crippen molar-refractivity contribution in [2.45, 2.75) is 38.1 Å². The Morgan fingerprint density at radius 1 is 0.889 bits per heavy atom. The highest BCUT2D eigenvalue weighted by Gasteiger charge is 2.38. The van der Waals surface area contributed by atoms with Crippen LogP contribution in [0.2, 0.25) is 0 Å². The van der Waals surface area contributed by atoms with E-state index in [4.69, 9.17) is 15.0 Å². The lowest BCUT2D eigenvalue weighted by molar-refractivity contribution is 0.421. The first kappa shape index (κ1) is 33.9. The van der Waals surface area contributed by atoms with Crippen LogP contribution in [0.15, 0.2) is 174 Å². The summed E-state index contributed by atoms with van der Waals surface area (Å²) in [5.74, 6) is 1.15. The smallest absolute Gasteiger partial charge is 0.102 e. The van der Waals surface area contributed by atoms with Crippen LogP contribution in [0.4, 0.5) is 0 Å². The number of benzene rings is 4. The zero-order valence-corrected chi connectivity index (χ0v) is 31.1. The van der Waals surface area contributed by atoms with Crippen LogP contribution in [-0.2, 0) is 6.42 Å². The van der Waals surface area contributed by atoms with Gasteiger partial charge in [0.05, 0.1) is 5.69 Å². The van der Waals surface area contributed by atoms with Crippen LogP contribution in [0.5, 0.6) is 0 Å². The molecule has 2 heterocycles. The molecule has 1 aromatic heterocycles. The van der Waals surface area contributed by atoms with Crippen molar-refractivity contribution in [3.8, 4) is 0 Å². The average molecular weight is 700 g/mol. The molecule has 3 aliphatic carbocycles. The van der Waals surface area contributed by atoms with Gasteiger partial charge in [-0.25, -0.2) is 0 Å². The molecule has 0 N–H and O–H groups in total. The van der Waals surface area contributed by atoms with Crippen molar-refractivity contribution < 1.29 is 0 Å². The summed E-state index contributed by atoms with van der Waals surface area (Å²) in [4.78, 5) is 14.7. The van der Waals surface area contributed by atoms with Crippen molar-refractivity contribution in [2.75, 3.05) is 7.05 Å². The van der Waals surface area contributed by atoms with Gasteiger partial charge in [0.25, 0.3) is 0 Å². The molecule has 9 rings (SSSR count). The topological polar surface area (TPSA) is 37.6 Å². The van der Waals surface area contributed by atoms with Gasteiger partial charge in [-0.1, -0.05) is 147 Å². The zero-order valence-electron chi connectivity index (χ0n) is 31.1. The van der Waals surface area contributed by atoms with Gasteiger partial charge in [-0.05, 0) is 97.5 Å². The Balaban J connectivity index is 1.08. The number of hydrogen-bond donors (Lipinski definition) is 0. The predicted octanol–water partition coefficient (Wildman–Crippen LogP) is 12.2. The molecule has 0 spiro atoms. The Morgan fingerprint density at radius 3 is 2.52 bits per heavy atom. The quantitative estimate of drug-likeness (QED) is 0.0902. The van der Waals surface area contributed by atoms with Gasteiger partial charge in [-0.2, -0.15) is 0 Å². The van der Waals surface area contributed by atoms with Crippen LogP contribution in [0.3, 0.4) is 0 Å². The predicted molar refractivity (Wildman–Crippen MR) is 229 cm³/mol. The van der Waals surface area contributed by atoms with E-state index in [2.05, 4.69) is 147 Å². The molecule has 4 aromatic carbocycles. The van der Waals surface area contributed by atoms with E-state index in [0.717, 1.165) is 30.7 Å². The monoisotopic (exact) mass is 699 g/mol. The Labute approximate surface area is 319 Å². The molecule has 264 valence electrons. The minimum absolute atomic E-state index is 0.0391. The molecule has 5 unspecified atom stereocenters. The molecule has 0 bridgehead atoms. The SMILES string of the molecule is C=C/C=C\C(C)c1c(C/C(=N\C)c2cccc(C3=C4C=CCCC4C(C4=CC=NC5c6ncccc6C=CC45)C=C3)c2)c2ccccc2c2ccccc12. The molecule has 0 saturated heterocycles. The largest absolute Gasteiger partial charge is 0.292 e. The van der Waals surface area contributed by atoms with Crippen LogP contribution >= 0.6 is 0 Å². The van der Waals surface area contributed by atoms with E-state index in [0.29, 0.717) is 11.8 Å². The van der Waals surface area contributed by atoms with Crippen molar-refractivity contribution in [3.63, 3.8) is 0 Å². The molecule has 1 aliphatic heterocycles. The van der Waals surface area contributed by atoms with Gasteiger partial charge >= 0.3 is 0 Å². The number of aromatic nitrogens is 1. The highest BCUT2D eigenvalue weighted by atomic mass is 14.9. The van der Waals surface area contributed by atoms with Gasteiger partial charge in [-0.3, -0.25) is 15.0 Å². The fraction of sp³-hybridized carbons (Fsp3) is 0.196. The van der Waals surface area contributed by atoms with Gasteiger partial charge in [-0.15, -0.1) is 0 Å². The highest BCUT2D eigenvalue weighted by molar-refractivity contribution is 6.13. The lowest BCUT2D eigenvalue weighted by atomic mass is 9.66. The Hall–Kier alpha value is -5.93. The molecule has 0 saturated carbocycles. The fourth-order valence-electron chi connectivity index (χ4n) is 9.53. The second kappa shape index (κ2) is 14.5. The summed E-state index contributed by atoms with van der Waals surface area (Å²) in [7, 11) is 1.95. The van der Waals surface area contributed by atoms with Crippen LogP contribution in [0, 0.1) is 17.8 Å². The number of rotatable bonds is 8. The highest BCUT2D eigenvalue weighted by Crippen LogP contribution is 2.49. The van der Waals surface area contributed by atoms with Crippen molar-refractivity contribution >= 4 is 45.1 Å². The molecule has 4 aliphatic rings. The van der Waals surface area contributed by atoms with Crippen molar-refractivity contribution in [2.24, 2.45) is 27.7 Å². The molecule has 0 amide bonds. The average Bonchev–Trinajstić information content (AvgIpc) is 3.24. The molecule has 0 fully saturated rings. The van der Waals surface area contributed by atoms with Gasteiger partial charge in [0, 0.05) is 49.3 Å². The summed E-state index contributed by atoms with van der Waals surface area (Å²) in [6, 6.07) is 31.0. The second-order valence-electron chi connectivity index (χ2n) is 14.9. The first-order valence-electron chi connectivity index (χ1n) is 19.4. The van der Waals surface area contributed by atoms with E-state index in [1.807, 2.05) is 31.6 Å². The molecule has 3 nitrogen and oxygen atoms in total. The molecule has 5 aromatic rings. The minimum atomic E-state index is 0.0391. The summed E-state index contributed by atoms with van der Waals surface area (Å²) in [5.41, 5.74) is 12.7. The number of allylic oxidation sites excluding steroid dienone is 10. The Morgan fingerprint density at radius 2 is 1.69 bits per heavy atom. The molecule has 0 radical (unpaired) electrons. The lowest BCUT2D eigenvalue weighted by Gasteiger charge is -2.39. The fourth-order valence-corrected chi connectivity index (χ4v) is 9.53. The maximum atomic E-state index is 5.00. The number of hydrogen-bond acceptors (Lipinski definition) is 3. The first-order valence-corrected chi connectivity index (χ1v) is 19.4. The third kappa shape index (κ3) is 5.89. The van der Waals surface area contributed by atoms with Crippen LogP contribution in [0.1, 0.15) is 65.2 Å². The van der Waals surface area contributed by atoms with Gasteiger partial charge in [0.2, 0.25) is 0 Å². The first-order chi connectivity index (χ1) is 26.6. The van der Waals surface area contributed by atoms with Gasteiger partial charge < -0.3 is 0 Å². The van der Waals surface area contributed by atoms with Crippen LogP contribution in [-0.4, -0.2) is 24.0 Å². The van der Waals surface area contributed by atoms with Crippen molar-refractivity contribution in [1.29, 1.82) is 0 Å². The molecule has 5 atom stereocenters. The number of dihydropyridines is 1. The number of aliphatic imine (C=N–C) groups is 2. The zero-order chi connectivity index (χ0) is 36.6. The molecular weight excluding hydrogens is 655 g/mol. The molecule has 3 heteroatoms. The van der Waals surface area contributed by atoms with Gasteiger partial charge in [0.15, 0.2) is 0 Å². The van der Waals surface area contributed by atoms with Crippen LogP contribution < -0.4 is 0 Å². The van der Waals surface area contributed by atoms with E-state index in [-0.39, 0.29) is 17.9 Å². The van der Waals surface area contributed by atoms with Crippen molar-refractivity contribution in [1.82, 2.24) is 4.98 Å². The Bertz CT molecular complexity index is 2550. The third-order valence-electron chi connectivity index (χ3n) is 12.0. The molecular formula is C51H45N3. The number of fused-ring (bicyclic) bond motifs is 7. The van der Waals surface area contributed by atoms with E-state index in [9.17, 15) is 0 Å². The summed E-state index contributed by atoms with van der Waals surface area (Å²) in [6.07, 6.45) is 29.6. The normalized spacial score (nSPS) is 22.3. The number of nitrogens with zero attached hydrogens (tertiary/aromatic N) is 3. The van der Waals surface area contributed by atoms with E-state index < -0.39 is 0 Å². The summed E-state index contributed by atoms with van der Waals surface area (Å²) in [5, 5.41) is 5.17. The maximum Gasteiger partial charge on any atom is 0.102 e. The summed E-state index contributed by atoms with van der Waals surface area (Å²) < 4.78 is 0. The second-order valence-corrected chi connectivity index (χ2v) is 14.9. The third-order valence-corrected chi connectivity index (χ3v) is 12.0.